The molecule has 1 saturated carbocycles. The summed E-state index contributed by atoms with van der Waals surface area (Å²) in [6.07, 6.45) is 0.542. The Bertz CT molecular complexity index is 225. The highest BCUT2D eigenvalue weighted by Gasteiger charge is 2.34. The van der Waals surface area contributed by atoms with Crippen LogP contribution in [0.1, 0.15) is 39.5 Å². The maximum Gasteiger partial charge on any atom is 0.408 e. The molecule has 1 rings (SSSR count). The first-order chi connectivity index (χ1) is 6.92. The quantitative estimate of drug-likeness (QED) is 0.795. The van der Waals surface area contributed by atoms with Crippen molar-refractivity contribution in [3.05, 3.63) is 0 Å². The Labute approximate surface area is 88.2 Å². The zero-order chi connectivity index (χ0) is 11.5. The number of alkyl carbamates (subject to hydrolysis) is 1. The van der Waals surface area contributed by atoms with Crippen molar-refractivity contribution in [2.75, 3.05) is 0 Å². The van der Waals surface area contributed by atoms with Gasteiger partial charge in [0.25, 0.3) is 6.43 Å². The van der Waals surface area contributed by atoms with E-state index in [1.807, 2.05) is 0 Å². The Morgan fingerprint density at radius 3 is 2.40 bits per heavy atom. The molecule has 0 bridgehead atoms. The van der Waals surface area contributed by atoms with E-state index in [2.05, 4.69) is 10.1 Å². The molecule has 0 aliphatic heterocycles. The van der Waals surface area contributed by atoms with Crippen molar-refractivity contribution in [3.8, 4) is 0 Å². The van der Waals surface area contributed by atoms with Gasteiger partial charge in [0.15, 0.2) is 5.60 Å². The van der Waals surface area contributed by atoms with Crippen LogP contribution >= 0.6 is 0 Å². The summed E-state index contributed by atoms with van der Waals surface area (Å²) in [6, 6.07) is 0.0889. The molecule has 0 heterocycles. The summed E-state index contributed by atoms with van der Waals surface area (Å²) in [6.45, 7) is 2.40. The van der Waals surface area contributed by atoms with Gasteiger partial charge >= 0.3 is 6.09 Å². The van der Waals surface area contributed by atoms with E-state index in [0.717, 1.165) is 25.7 Å². The van der Waals surface area contributed by atoms with Crippen molar-refractivity contribution in [1.82, 2.24) is 5.32 Å². The first kappa shape index (κ1) is 12.2. The van der Waals surface area contributed by atoms with Gasteiger partial charge < -0.3 is 10.1 Å². The van der Waals surface area contributed by atoms with E-state index in [-0.39, 0.29) is 6.04 Å². The molecule has 1 aliphatic rings. The molecule has 3 nitrogen and oxygen atoms in total. The molecular formula is C10H17F2NO2. The van der Waals surface area contributed by atoms with Gasteiger partial charge in [0.05, 0.1) is 0 Å². The second kappa shape index (κ2) is 4.77. The second-order valence-electron chi connectivity index (χ2n) is 4.42. The van der Waals surface area contributed by atoms with Crippen molar-refractivity contribution in [3.63, 3.8) is 0 Å². The molecular weight excluding hydrogens is 204 g/mol. The minimum absolute atomic E-state index is 0.0889. The lowest BCUT2D eigenvalue weighted by molar-refractivity contribution is -0.0776. The van der Waals surface area contributed by atoms with E-state index >= 15 is 0 Å². The molecule has 1 amide bonds. The number of halogens is 2. The zero-order valence-electron chi connectivity index (χ0n) is 9.06. The minimum atomic E-state index is -2.67. The maximum atomic E-state index is 12.4. The van der Waals surface area contributed by atoms with E-state index < -0.39 is 18.1 Å². The number of carbonyl (C=O) groups is 1. The molecule has 88 valence electrons. The summed E-state index contributed by atoms with van der Waals surface area (Å²) in [5.74, 6) is 0. The molecule has 0 atom stereocenters. The van der Waals surface area contributed by atoms with Crippen LogP contribution < -0.4 is 5.32 Å². The number of nitrogens with one attached hydrogen (secondary N) is 1. The average molecular weight is 221 g/mol. The molecule has 0 aromatic rings. The Morgan fingerprint density at radius 2 is 1.93 bits per heavy atom. The summed E-state index contributed by atoms with van der Waals surface area (Å²) < 4.78 is 29.4. The zero-order valence-corrected chi connectivity index (χ0v) is 9.06. The van der Waals surface area contributed by atoms with Gasteiger partial charge in [-0.25, -0.2) is 13.6 Å². The van der Waals surface area contributed by atoms with Gasteiger partial charge in [0.2, 0.25) is 0 Å². The van der Waals surface area contributed by atoms with Crippen LogP contribution in [0.2, 0.25) is 0 Å². The predicted octanol–water partition coefficient (Wildman–Crippen LogP) is 2.70. The number of hydrogen-bond acceptors (Lipinski definition) is 2. The standard InChI is InChI=1S/C10H17F2NO2/c1-10(2,8(11)12)15-9(14)13-7-5-3-4-6-7/h7-8H,3-6H2,1-2H3,(H,13,14). The summed E-state index contributed by atoms with van der Waals surface area (Å²) in [5.41, 5.74) is -1.72. The fraction of sp³-hybridized carbons (Fsp3) is 0.900. The van der Waals surface area contributed by atoms with Crippen molar-refractivity contribution >= 4 is 6.09 Å². The molecule has 0 aromatic heterocycles. The third kappa shape index (κ3) is 3.64. The van der Waals surface area contributed by atoms with Gasteiger partial charge in [-0.15, -0.1) is 0 Å². The van der Waals surface area contributed by atoms with Gasteiger partial charge in [-0.1, -0.05) is 12.8 Å². The largest absolute Gasteiger partial charge is 0.437 e. The van der Waals surface area contributed by atoms with Crippen molar-refractivity contribution in [2.45, 2.75) is 57.6 Å². The van der Waals surface area contributed by atoms with Crippen molar-refractivity contribution in [1.29, 1.82) is 0 Å². The molecule has 0 radical (unpaired) electrons. The van der Waals surface area contributed by atoms with Crippen molar-refractivity contribution < 1.29 is 18.3 Å². The number of rotatable bonds is 3. The number of carbonyl (C=O) groups excluding carboxylic acids is 1. The lowest BCUT2D eigenvalue weighted by atomic mass is 10.1. The van der Waals surface area contributed by atoms with E-state index in [9.17, 15) is 13.6 Å². The van der Waals surface area contributed by atoms with Crippen LogP contribution in [0.15, 0.2) is 0 Å². The topological polar surface area (TPSA) is 38.3 Å². The first-order valence-electron chi connectivity index (χ1n) is 5.19. The number of alkyl halides is 2. The van der Waals surface area contributed by atoms with Gasteiger partial charge in [-0.3, -0.25) is 0 Å². The highest BCUT2D eigenvalue weighted by molar-refractivity contribution is 5.68. The fourth-order valence-corrected chi connectivity index (χ4v) is 1.55. The molecule has 0 spiro atoms. The predicted molar refractivity (Wildman–Crippen MR) is 52.0 cm³/mol. The summed E-state index contributed by atoms with van der Waals surface area (Å²) in [7, 11) is 0. The molecule has 0 saturated heterocycles. The molecule has 1 aliphatic carbocycles. The van der Waals surface area contributed by atoms with Crippen LogP contribution in [0.25, 0.3) is 0 Å². The number of amides is 1. The average Bonchev–Trinajstić information content (AvgIpc) is 2.54. The van der Waals surface area contributed by atoms with Crippen LogP contribution in [0, 0.1) is 0 Å². The van der Waals surface area contributed by atoms with Gasteiger partial charge in [-0.2, -0.15) is 0 Å². The lowest BCUT2D eigenvalue weighted by Crippen LogP contribution is -2.42. The smallest absolute Gasteiger partial charge is 0.408 e. The SMILES string of the molecule is CC(C)(OC(=O)NC1CCCC1)C(F)F. The molecule has 5 heteroatoms. The Hall–Kier alpha value is -0.870. The Balaban J connectivity index is 2.34. The van der Waals surface area contributed by atoms with Crippen LogP contribution in [0.5, 0.6) is 0 Å². The monoisotopic (exact) mass is 221 g/mol. The molecule has 1 N–H and O–H groups in total. The van der Waals surface area contributed by atoms with Crippen molar-refractivity contribution in [2.24, 2.45) is 0 Å². The van der Waals surface area contributed by atoms with Crippen LogP contribution in [0.4, 0.5) is 13.6 Å². The summed E-state index contributed by atoms with van der Waals surface area (Å²) >= 11 is 0. The van der Waals surface area contributed by atoms with E-state index in [1.165, 1.54) is 13.8 Å². The minimum Gasteiger partial charge on any atom is -0.437 e. The maximum absolute atomic E-state index is 12.4. The van der Waals surface area contributed by atoms with Gasteiger partial charge in [0.1, 0.15) is 0 Å². The summed E-state index contributed by atoms with van der Waals surface area (Å²) in [5, 5.41) is 2.60. The molecule has 15 heavy (non-hydrogen) atoms. The Morgan fingerprint density at radius 1 is 1.40 bits per heavy atom. The third-order valence-electron chi connectivity index (χ3n) is 2.56. The summed E-state index contributed by atoms with van der Waals surface area (Å²) in [4.78, 5) is 11.3. The number of hydrogen-bond donors (Lipinski definition) is 1. The number of ether oxygens (including phenoxy) is 1. The molecule has 0 unspecified atom stereocenters. The van der Waals surface area contributed by atoms with E-state index in [0.29, 0.717) is 0 Å². The fourth-order valence-electron chi connectivity index (χ4n) is 1.55. The normalized spacial score (nSPS) is 18.2. The van der Waals surface area contributed by atoms with Gasteiger partial charge in [0, 0.05) is 6.04 Å². The highest BCUT2D eigenvalue weighted by Crippen LogP contribution is 2.21. The Kier molecular flexibility index (Phi) is 3.88. The van der Waals surface area contributed by atoms with Crippen LogP contribution in [-0.2, 0) is 4.74 Å². The second-order valence-corrected chi connectivity index (χ2v) is 4.42. The first-order valence-corrected chi connectivity index (χ1v) is 5.19. The lowest BCUT2D eigenvalue weighted by Gasteiger charge is -2.25. The van der Waals surface area contributed by atoms with E-state index in [1.54, 1.807) is 0 Å². The molecule has 0 aromatic carbocycles. The molecule has 1 fully saturated rings. The van der Waals surface area contributed by atoms with E-state index in [4.69, 9.17) is 0 Å². The highest BCUT2D eigenvalue weighted by atomic mass is 19.3. The van der Waals surface area contributed by atoms with Crippen LogP contribution in [0.3, 0.4) is 0 Å². The third-order valence-corrected chi connectivity index (χ3v) is 2.56. The van der Waals surface area contributed by atoms with Crippen LogP contribution in [-0.4, -0.2) is 24.2 Å². The van der Waals surface area contributed by atoms with Gasteiger partial charge in [-0.05, 0) is 26.7 Å².